The highest BCUT2D eigenvalue weighted by Crippen LogP contribution is 2.30. The van der Waals surface area contributed by atoms with Crippen molar-refractivity contribution in [1.29, 1.82) is 0 Å². The molecule has 0 N–H and O–H groups in total. The number of thiazole rings is 1. The Hall–Kier alpha value is -3.12. The zero-order valence-corrected chi connectivity index (χ0v) is 19.3. The standard InChI is InChI=1S/C26H27N3O2S/c1-18-24(25(30)28-14-12-20(13-15-28)16-19-6-4-3-5-7-19)32-26-27-23(17-29(18)26)21-8-10-22(31-2)11-9-21/h3-11,17,20H,12-16H2,1-2H3. The van der Waals surface area contributed by atoms with Crippen molar-refractivity contribution in [1.82, 2.24) is 14.3 Å². The molecule has 1 aliphatic rings. The second-order valence-corrected chi connectivity index (χ2v) is 9.43. The van der Waals surface area contributed by atoms with Crippen molar-refractivity contribution in [2.45, 2.75) is 26.2 Å². The van der Waals surface area contributed by atoms with E-state index in [0.29, 0.717) is 5.92 Å². The fourth-order valence-corrected chi connectivity index (χ4v) is 5.56. The van der Waals surface area contributed by atoms with Gasteiger partial charge in [-0.15, -0.1) is 0 Å². The van der Waals surface area contributed by atoms with Crippen LogP contribution in [0.4, 0.5) is 0 Å². The second-order valence-electron chi connectivity index (χ2n) is 8.45. The second kappa shape index (κ2) is 8.79. The van der Waals surface area contributed by atoms with Gasteiger partial charge in [0.1, 0.15) is 10.6 Å². The van der Waals surface area contributed by atoms with Crippen LogP contribution in [-0.2, 0) is 6.42 Å². The largest absolute Gasteiger partial charge is 0.497 e. The summed E-state index contributed by atoms with van der Waals surface area (Å²) >= 11 is 1.49. The Balaban J connectivity index is 1.28. The summed E-state index contributed by atoms with van der Waals surface area (Å²) in [6.07, 6.45) is 5.24. The molecule has 0 radical (unpaired) electrons. The number of hydrogen-bond acceptors (Lipinski definition) is 4. The number of piperidine rings is 1. The normalized spacial score (nSPS) is 14.8. The molecule has 5 rings (SSSR count). The van der Waals surface area contributed by atoms with E-state index in [-0.39, 0.29) is 5.91 Å². The van der Waals surface area contributed by atoms with E-state index in [2.05, 4.69) is 30.3 Å². The van der Waals surface area contributed by atoms with Crippen LogP contribution in [-0.4, -0.2) is 40.4 Å². The highest BCUT2D eigenvalue weighted by molar-refractivity contribution is 7.19. The Kier molecular flexibility index (Phi) is 5.70. The molecule has 4 aromatic rings. The zero-order chi connectivity index (χ0) is 22.1. The quantitative estimate of drug-likeness (QED) is 0.409. The number of carbonyl (C=O) groups is 1. The summed E-state index contributed by atoms with van der Waals surface area (Å²) in [4.78, 5) is 21.7. The van der Waals surface area contributed by atoms with Crippen molar-refractivity contribution in [3.63, 3.8) is 0 Å². The lowest BCUT2D eigenvalue weighted by molar-refractivity contribution is 0.0694. The number of nitrogens with zero attached hydrogens (tertiary/aromatic N) is 3. The van der Waals surface area contributed by atoms with Crippen LogP contribution in [0.5, 0.6) is 5.75 Å². The monoisotopic (exact) mass is 445 g/mol. The van der Waals surface area contributed by atoms with E-state index in [0.717, 1.165) is 64.9 Å². The molecule has 1 aliphatic heterocycles. The molecule has 3 heterocycles. The zero-order valence-electron chi connectivity index (χ0n) is 18.5. The molecular weight excluding hydrogens is 418 g/mol. The molecule has 164 valence electrons. The number of ether oxygens (including phenoxy) is 1. The van der Waals surface area contributed by atoms with Crippen molar-refractivity contribution in [2.24, 2.45) is 5.92 Å². The van der Waals surface area contributed by atoms with Crippen LogP contribution < -0.4 is 4.74 Å². The minimum absolute atomic E-state index is 0.141. The minimum Gasteiger partial charge on any atom is -0.497 e. The summed E-state index contributed by atoms with van der Waals surface area (Å²) in [6, 6.07) is 18.5. The Bertz CT molecular complexity index is 1220. The van der Waals surface area contributed by atoms with Crippen LogP contribution >= 0.6 is 11.3 Å². The van der Waals surface area contributed by atoms with Crippen molar-refractivity contribution in [3.05, 3.63) is 76.9 Å². The number of likely N-dealkylation sites (tertiary alicyclic amines) is 1. The minimum atomic E-state index is 0.141. The number of fused-ring (bicyclic) bond motifs is 1. The maximum absolute atomic E-state index is 13.3. The lowest BCUT2D eigenvalue weighted by Gasteiger charge is -2.32. The van der Waals surface area contributed by atoms with E-state index in [1.807, 2.05) is 46.7 Å². The summed E-state index contributed by atoms with van der Waals surface area (Å²) in [6.45, 7) is 3.67. The van der Waals surface area contributed by atoms with Crippen molar-refractivity contribution in [2.75, 3.05) is 20.2 Å². The molecule has 32 heavy (non-hydrogen) atoms. The van der Waals surface area contributed by atoms with Crippen molar-refractivity contribution in [3.8, 4) is 17.0 Å². The summed E-state index contributed by atoms with van der Waals surface area (Å²) in [5.41, 5.74) is 4.30. The van der Waals surface area contributed by atoms with E-state index in [4.69, 9.17) is 9.72 Å². The molecule has 5 nitrogen and oxygen atoms in total. The first-order chi connectivity index (χ1) is 15.6. The Labute approximate surface area is 192 Å². The van der Waals surface area contributed by atoms with Crippen LogP contribution in [0.1, 0.15) is 33.8 Å². The SMILES string of the molecule is COc1ccc(-c2cn3c(C)c(C(=O)N4CCC(Cc5ccccc5)CC4)sc3n2)cc1. The van der Waals surface area contributed by atoms with Crippen LogP contribution in [0, 0.1) is 12.8 Å². The highest BCUT2D eigenvalue weighted by atomic mass is 32.1. The molecule has 1 fully saturated rings. The molecule has 1 saturated heterocycles. The third-order valence-corrected chi connectivity index (χ3v) is 7.55. The summed E-state index contributed by atoms with van der Waals surface area (Å²) < 4.78 is 7.28. The average molecular weight is 446 g/mol. The van der Waals surface area contributed by atoms with E-state index in [1.54, 1.807) is 7.11 Å². The molecule has 0 saturated carbocycles. The summed E-state index contributed by atoms with van der Waals surface area (Å²) in [5.74, 6) is 1.61. The predicted octanol–water partition coefficient (Wildman–Crippen LogP) is 5.47. The lowest BCUT2D eigenvalue weighted by atomic mass is 9.90. The number of methoxy groups -OCH3 is 1. The number of rotatable bonds is 5. The first-order valence-corrected chi connectivity index (χ1v) is 11.9. The smallest absolute Gasteiger partial charge is 0.265 e. The van der Waals surface area contributed by atoms with E-state index < -0.39 is 0 Å². The van der Waals surface area contributed by atoms with E-state index in [9.17, 15) is 4.79 Å². The Morgan fingerprint density at radius 2 is 1.81 bits per heavy atom. The van der Waals surface area contributed by atoms with Gasteiger partial charge in [0.25, 0.3) is 5.91 Å². The van der Waals surface area contributed by atoms with Gasteiger partial charge in [-0.3, -0.25) is 9.20 Å². The fraction of sp³-hybridized carbons (Fsp3) is 0.308. The van der Waals surface area contributed by atoms with Crippen molar-refractivity contribution >= 4 is 22.2 Å². The van der Waals surface area contributed by atoms with Crippen LogP contribution in [0.15, 0.2) is 60.8 Å². The number of imidazole rings is 1. The predicted molar refractivity (Wildman–Crippen MR) is 129 cm³/mol. The van der Waals surface area contributed by atoms with Crippen molar-refractivity contribution < 1.29 is 9.53 Å². The van der Waals surface area contributed by atoms with Gasteiger partial charge in [0, 0.05) is 30.5 Å². The topological polar surface area (TPSA) is 46.8 Å². The molecule has 6 heteroatoms. The summed E-state index contributed by atoms with van der Waals surface area (Å²) in [7, 11) is 1.66. The lowest BCUT2D eigenvalue weighted by Crippen LogP contribution is -2.38. The maximum Gasteiger partial charge on any atom is 0.265 e. The summed E-state index contributed by atoms with van der Waals surface area (Å²) in [5, 5.41) is 0. The van der Waals surface area contributed by atoms with E-state index >= 15 is 0 Å². The third kappa shape index (κ3) is 4.02. The average Bonchev–Trinajstić information content (AvgIpc) is 3.39. The number of aryl methyl sites for hydroxylation is 1. The van der Waals surface area contributed by atoms with Crippen LogP contribution in [0.2, 0.25) is 0 Å². The highest BCUT2D eigenvalue weighted by Gasteiger charge is 2.27. The van der Waals surface area contributed by atoms with Gasteiger partial charge in [0.15, 0.2) is 4.96 Å². The van der Waals surface area contributed by atoms with Gasteiger partial charge in [-0.25, -0.2) is 4.98 Å². The molecule has 0 atom stereocenters. The third-order valence-electron chi connectivity index (χ3n) is 6.41. The molecule has 1 amide bonds. The molecule has 0 spiro atoms. The number of aromatic nitrogens is 2. The van der Waals surface area contributed by atoms with Gasteiger partial charge in [0.05, 0.1) is 12.8 Å². The van der Waals surface area contributed by atoms with Crippen LogP contribution in [0.3, 0.4) is 0 Å². The molecule has 2 aromatic carbocycles. The Morgan fingerprint density at radius 3 is 2.47 bits per heavy atom. The van der Waals surface area contributed by atoms with Gasteiger partial charge in [0.2, 0.25) is 0 Å². The molecule has 0 bridgehead atoms. The fourth-order valence-electron chi connectivity index (χ4n) is 4.48. The van der Waals surface area contributed by atoms with Gasteiger partial charge < -0.3 is 9.64 Å². The van der Waals surface area contributed by atoms with Crippen LogP contribution in [0.25, 0.3) is 16.2 Å². The Morgan fingerprint density at radius 1 is 1.09 bits per heavy atom. The number of carbonyl (C=O) groups excluding carboxylic acids is 1. The first-order valence-electron chi connectivity index (χ1n) is 11.1. The van der Waals surface area contributed by atoms with Gasteiger partial charge in [-0.2, -0.15) is 0 Å². The molecule has 0 unspecified atom stereocenters. The number of amides is 1. The number of benzene rings is 2. The molecule has 2 aromatic heterocycles. The van der Waals surface area contributed by atoms with Gasteiger partial charge >= 0.3 is 0 Å². The first kappa shape index (κ1) is 20.8. The van der Waals surface area contributed by atoms with E-state index in [1.165, 1.54) is 16.9 Å². The molecular formula is C26H27N3O2S. The number of hydrogen-bond donors (Lipinski definition) is 0. The van der Waals surface area contributed by atoms with Gasteiger partial charge in [-0.1, -0.05) is 41.7 Å². The molecule has 0 aliphatic carbocycles. The van der Waals surface area contributed by atoms with Gasteiger partial charge in [-0.05, 0) is 61.9 Å². The maximum atomic E-state index is 13.3.